The normalized spacial score (nSPS) is 15.8. The standard InChI is InChI=1S/C32H34FN5O2S.C11H20O2/c1-32(2,3)38(30(39)22-9-6-5-7-10-22)27-12-8-11-25(28(27)33)26-21-36(4)31(40)29(35-26)34-23-13-15-24(16-14-23)37-17-19-41-20-18-37;1-10(2,3)11(9(12)13)7-5-4-6-8-11/h5-16,21H,17-20H2,1-4H3,(H,34,35);4-8H2,1-3H3,(H,12,13). The Bertz CT molecular complexity index is 1970. The smallest absolute Gasteiger partial charge is 0.310 e. The lowest BCUT2D eigenvalue weighted by atomic mass is 9.59. The van der Waals surface area contributed by atoms with Gasteiger partial charge in [0.1, 0.15) is 0 Å². The topological polar surface area (TPSA) is 108 Å². The van der Waals surface area contributed by atoms with Gasteiger partial charge in [-0.25, -0.2) is 9.37 Å². The van der Waals surface area contributed by atoms with Gasteiger partial charge >= 0.3 is 5.97 Å². The Hall–Kier alpha value is -4.64. The van der Waals surface area contributed by atoms with Crippen LogP contribution in [-0.2, 0) is 11.8 Å². The molecule has 1 saturated heterocycles. The molecule has 9 nitrogen and oxygen atoms in total. The molecule has 3 aromatic carbocycles. The number of aromatic nitrogens is 2. The molecule has 1 aromatic heterocycles. The van der Waals surface area contributed by atoms with E-state index >= 15 is 4.39 Å². The van der Waals surface area contributed by atoms with E-state index in [0.717, 1.165) is 56.0 Å². The van der Waals surface area contributed by atoms with E-state index < -0.39 is 22.7 Å². The van der Waals surface area contributed by atoms with E-state index in [0.29, 0.717) is 11.3 Å². The fourth-order valence-corrected chi connectivity index (χ4v) is 8.25. The summed E-state index contributed by atoms with van der Waals surface area (Å²) in [5.41, 5.74) is 1.29. The van der Waals surface area contributed by atoms with Crippen molar-refractivity contribution in [1.82, 2.24) is 9.55 Å². The lowest BCUT2D eigenvalue weighted by Gasteiger charge is -2.43. The number of carbonyl (C=O) groups is 2. The largest absolute Gasteiger partial charge is 0.481 e. The van der Waals surface area contributed by atoms with Crippen molar-refractivity contribution in [3.63, 3.8) is 0 Å². The van der Waals surface area contributed by atoms with Crippen molar-refractivity contribution < 1.29 is 19.1 Å². The maximum Gasteiger partial charge on any atom is 0.310 e. The highest BCUT2D eigenvalue weighted by molar-refractivity contribution is 7.99. The fourth-order valence-electron chi connectivity index (χ4n) is 7.35. The van der Waals surface area contributed by atoms with Gasteiger partial charge in [0.15, 0.2) is 11.6 Å². The van der Waals surface area contributed by atoms with Crippen molar-refractivity contribution in [2.45, 2.75) is 79.2 Å². The maximum absolute atomic E-state index is 16.3. The molecule has 1 saturated carbocycles. The Morgan fingerprint density at radius 3 is 2.07 bits per heavy atom. The van der Waals surface area contributed by atoms with Gasteiger partial charge in [0, 0.05) is 65.9 Å². The molecule has 0 radical (unpaired) electrons. The van der Waals surface area contributed by atoms with Gasteiger partial charge in [0.05, 0.1) is 16.8 Å². The number of carbonyl (C=O) groups excluding carboxylic acids is 1. The Balaban J connectivity index is 0.000000365. The molecular weight excluding hydrogens is 702 g/mol. The second kappa shape index (κ2) is 16.8. The molecule has 6 rings (SSSR count). The summed E-state index contributed by atoms with van der Waals surface area (Å²) in [6.07, 6.45) is 6.56. The van der Waals surface area contributed by atoms with Crippen molar-refractivity contribution in [1.29, 1.82) is 0 Å². The molecule has 1 amide bonds. The van der Waals surface area contributed by atoms with Gasteiger partial charge in [-0.2, -0.15) is 11.8 Å². The average molecular weight is 756 g/mol. The number of aliphatic carboxylic acids is 1. The minimum absolute atomic E-state index is 0.0879. The van der Waals surface area contributed by atoms with Crippen molar-refractivity contribution >= 4 is 46.5 Å². The Kier molecular flexibility index (Phi) is 12.6. The van der Waals surface area contributed by atoms with E-state index in [9.17, 15) is 19.5 Å². The van der Waals surface area contributed by atoms with E-state index in [1.807, 2.05) is 83.6 Å². The lowest BCUT2D eigenvalue weighted by molar-refractivity contribution is -0.159. The van der Waals surface area contributed by atoms with Gasteiger partial charge in [-0.1, -0.05) is 64.3 Å². The average Bonchev–Trinajstić information content (AvgIpc) is 3.15. The van der Waals surface area contributed by atoms with Crippen LogP contribution in [-0.4, -0.2) is 56.7 Å². The molecule has 2 N–H and O–H groups in total. The van der Waals surface area contributed by atoms with E-state index in [-0.39, 0.29) is 39.6 Å². The first-order valence-corrected chi connectivity index (χ1v) is 19.9. The Morgan fingerprint density at radius 2 is 1.52 bits per heavy atom. The third kappa shape index (κ3) is 9.00. The number of benzene rings is 3. The molecule has 2 aliphatic rings. The lowest BCUT2D eigenvalue weighted by Crippen LogP contribution is -2.46. The van der Waals surface area contributed by atoms with E-state index in [1.54, 1.807) is 49.5 Å². The van der Waals surface area contributed by atoms with Crippen LogP contribution in [0.3, 0.4) is 0 Å². The molecule has 288 valence electrons. The summed E-state index contributed by atoms with van der Waals surface area (Å²) >= 11 is 1.96. The molecule has 0 spiro atoms. The van der Waals surface area contributed by atoms with Gasteiger partial charge in [0.25, 0.3) is 11.5 Å². The quantitative estimate of drug-likeness (QED) is 0.192. The zero-order valence-electron chi connectivity index (χ0n) is 32.6. The summed E-state index contributed by atoms with van der Waals surface area (Å²) in [5, 5.41) is 12.4. The number of aryl methyl sites for hydroxylation is 1. The summed E-state index contributed by atoms with van der Waals surface area (Å²) in [5.74, 6) is 0.811. The Morgan fingerprint density at radius 1 is 0.889 bits per heavy atom. The molecule has 1 aliphatic heterocycles. The van der Waals surface area contributed by atoms with Crippen molar-refractivity contribution in [3.05, 3.63) is 101 Å². The number of carboxylic acid groups (broad SMARTS) is 1. The van der Waals surface area contributed by atoms with Crippen LogP contribution >= 0.6 is 11.8 Å². The molecule has 2 fully saturated rings. The molecule has 54 heavy (non-hydrogen) atoms. The minimum Gasteiger partial charge on any atom is -0.481 e. The molecule has 0 bridgehead atoms. The summed E-state index contributed by atoms with van der Waals surface area (Å²) in [7, 11) is 1.61. The number of thioether (sulfide) groups is 1. The Labute approximate surface area is 323 Å². The second-order valence-electron chi connectivity index (χ2n) is 16.2. The molecule has 2 heterocycles. The monoisotopic (exact) mass is 755 g/mol. The highest BCUT2D eigenvalue weighted by Gasteiger charge is 2.48. The maximum atomic E-state index is 16.3. The summed E-state index contributed by atoms with van der Waals surface area (Å²) < 4.78 is 17.7. The third-order valence-corrected chi connectivity index (χ3v) is 11.5. The van der Waals surface area contributed by atoms with Gasteiger partial charge in [-0.05, 0) is 87.6 Å². The van der Waals surface area contributed by atoms with Gasteiger partial charge in [0.2, 0.25) is 0 Å². The van der Waals surface area contributed by atoms with Crippen LogP contribution in [0.15, 0.2) is 83.8 Å². The predicted octanol–water partition coefficient (Wildman–Crippen LogP) is 9.40. The number of halogens is 1. The van der Waals surface area contributed by atoms with Crippen LogP contribution in [0.2, 0.25) is 0 Å². The number of anilines is 4. The van der Waals surface area contributed by atoms with Crippen LogP contribution in [0, 0.1) is 16.6 Å². The highest BCUT2D eigenvalue weighted by Crippen LogP contribution is 2.49. The molecule has 1 aliphatic carbocycles. The highest BCUT2D eigenvalue weighted by atomic mass is 32.2. The van der Waals surface area contributed by atoms with Crippen LogP contribution in [0.25, 0.3) is 11.3 Å². The van der Waals surface area contributed by atoms with Gasteiger partial charge in [-0.3, -0.25) is 14.4 Å². The van der Waals surface area contributed by atoms with Crippen molar-refractivity contribution in [3.8, 4) is 11.3 Å². The molecule has 0 atom stereocenters. The number of hydrogen-bond acceptors (Lipinski definition) is 7. The number of nitrogens with one attached hydrogen (secondary N) is 1. The number of hydrogen-bond donors (Lipinski definition) is 2. The van der Waals surface area contributed by atoms with Gasteiger partial charge in [-0.15, -0.1) is 0 Å². The van der Waals surface area contributed by atoms with Crippen LogP contribution < -0.4 is 20.7 Å². The minimum atomic E-state index is -0.713. The zero-order valence-corrected chi connectivity index (χ0v) is 33.4. The summed E-state index contributed by atoms with van der Waals surface area (Å²) in [6, 6.07) is 21.6. The van der Waals surface area contributed by atoms with Crippen LogP contribution in [0.5, 0.6) is 0 Å². The van der Waals surface area contributed by atoms with Crippen LogP contribution in [0.4, 0.5) is 27.3 Å². The summed E-state index contributed by atoms with van der Waals surface area (Å²) in [4.78, 5) is 46.2. The predicted molar refractivity (Wildman–Crippen MR) is 220 cm³/mol. The van der Waals surface area contributed by atoms with Gasteiger partial charge < -0.3 is 24.8 Å². The first kappa shape index (κ1) is 40.5. The van der Waals surface area contributed by atoms with Crippen LogP contribution in [0.1, 0.15) is 84.0 Å². The SMILES string of the molecule is CC(C)(C)C1(C(=O)O)CCCCC1.Cn1cc(-c2cccc(N(C(=O)c3ccccc3)C(C)(C)C)c2F)nc(Nc2ccc(N3CCSCC3)cc2)c1=O. The fraction of sp³-hybridized carbons (Fsp3) is 0.442. The van der Waals surface area contributed by atoms with Crippen molar-refractivity contribution in [2.24, 2.45) is 17.9 Å². The number of rotatable bonds is 7. The van der Waals surface area contributed by atoms with E-state index in [2.05, 4.69) is 15.2 Å². The first-order valence-electron chi connectivity index (χ1n) is 18.7. The van der Waals surface area contributed by atoms with Crippen molar-refractivity contribution in [2.75, 3.05) is 39.7 Å². The molecule has 0 unspecified atom stereocenters. The second-order valence-corrected chi connectivity index (χ2v) is 17.4. The molecule has 4 aromatic rings. The molecular formula is C43H54FN5O4S. The van der Waals surface area contributed by atoms with E-state index in [4.69, 9.17) is 0 Å². The first-order chi connectivity index (χ1) is 25.5. The zero-order chi connectivity index (χ0) is 39.3. The van der Waals surface area contributed by atoms with E-state index in [1.165, 1.54) is 22.1 Å². The number of nitrogens with zero attached hydrogens (tertiary/aromatic N) is 4. The summed E-state index contributed by atoms with van der Waals surface area (Å²) in [6.45, 7) is 13.8. The number of amides is 1. The number of carboxylic acids is 1. The molecule has 11 heteroatoms. The third-order valence-electron chi connectivity index (χ3n) is 10.5.